The van der Waals surface area contributed by atoms with Gasteiger partial charge in [0.1, 0.15) is 74.1 Å². The van der Waals surface area contributed by atoms with Crippen LogP contribution in [0.1, 0.15) is 38.5 Å². The Morgan fingerprint density at radius 2 is 1.23 bits per heavy atom. The van der Waals surface area contributed by atoms with Gasteiger partial charge in [-0.2, -0.15) is 0 Å². The third-order valence-electron chi connectivity index (χ3n) is 11.0. The summed E-state index contributed by atoms with van der Waals surface area (Å²) in [6, 6.07) is 0. The van der Waals surface area contributed by atoms with E-state index in [1.54, 1.807) is 0 Å². The molecule has 20 heteroatoms. The molecule has 0 bridgehead atoms. The number of rotatable bonds is 12. The Hall–Kier alpha value is -1.70. The number of hydrogen-bond acceptors (Lipinski definition) is 18. The SMILES string of the molecule is COC1CC(C2[OH+]C3CC(O)CC(OC4OC(CO)C(O)C(O)C4O)C3CC2OC2OC(COC(=O)CC(=O)O)C(O)C(O)C2O)CC(OC)C1O. The fourth-order valence-corrected chi connectivity index (χ4v) is 8.17. The molecule has 2 aliphatic carbocycles. The second-order valence-electron chi connectivity index (χ2n) is 14.3. The number of carboxylic acid groups (broad SMARTS) is 1. The Kier molecular flexibility index (Phi) is 14.2. The quantitative estimate of drug-likeness (QED) is 0.0505. The highest BCUT2D eigenvalue weighted by Crippen LogP contribution is 2.44. The van der Waals surface area contributed by atoms with Gasteiger partial charge in [0.2, 0.25) is 0 Å². The van der Waals surface area contributed by atoms with Crippen LogP contribution < -0.4 is 0 Å². The van der Waals surface area contributed by atoms with E-state index in [0.29, 0.717) is 12.8 Å². The molecule has 20 nitrogen and oxygen atoms in total. The first-order valence-corrected chi connectivity index (χ1v) is 17.5. The van der Waals surface area contributed by atoms with Crippen molar-refractivity contribution in [3.8, 4) is 0 Å². The number of esters is 1. The lowest BCUT2D eigenvalue weighted by atomic mass is 9.72. The minimum absolute atomic E-state index is 0.0491. The highest BCUT2D eigenvalue weighted by molar-refractivity contribution is 5.90. The van der Waals surface area contributed by atoms with E-state index in [4.69, 9.17) is 43.0 Å². The van der Waals surface area contributed by atoms with Crippen LogP contribution in [0.15, 0.2) is 0 Å². The predicted octanol–water partition coefficient (Wildman–Crippen LogP) is -5.38. The van der Waals surface area contributed by atoms with Gasteiger partial charge in [0, 0.05) is 33.0 Å². The number of aliphatic hydroxyl groups is 11. The van der Waals surface area contributed by atoms with Crippen molar-refractivity contribution in [2.45, 2.75) is 149 Å². The summed E-state index contributed by atoms with van der Waals surface area (Å²) in [6.45, 7) is -1.35. The van der Waals surface area contributed by atoms with E-state index in [-0.39, 0.29) is 25.2 Å². The molecule has 2 saturated carbocycles. The molecule has 0 radical (unpaired) electrons. The minimum atomic E-state index is -1.83. The molecule has 0 amide bonds. The van der Waals surface area contributed by atoms with E-state index in [9.17, 15) is 55.5 Å². The predicted molar refractivity (Wildman–Crippen MR) is 167 cm³/mol. The average Bonchev–Trinajstić information content (AvgIpc) is 3.11. The molecule has 5 aliphatic rings. The fraction of sp³-hybridized carbons (Fsp3) is 0.938. The van der Waals surface area contributed by atoms with Gasteiger partial charge in [0.15, 0.2) is 24.8 Å². The Labute approximate surface area is 298 Å². The van der Waals surface area contributed by atoms with E-state index in [2.05, 4.69) is 0 Å². The third-order valence-corrected chi connectivity index (χ3v) is 11.0. The molecular formula is C32H53O20+. The molecule has 3 saturated heterocycles. The first-order valence-electron chi connectivity index (χ1n) is 17.5. The first-order chi connectivity index (χ1) is 24.7. The first kappa shape index (κ1) is 41.5. The standard InChI is InChI=1S/C32H52O20/c1-45-16-3-11(4-17(46-2)23(16)38)30-18(50-32-29(44)27(42)25(40)20(52-32)10-47-22(37)8-21(35)36)7-13-14(48-30)5-12(34)6-15(13)49-31-28(43)26(41)24(39)19(9-33)51-31/h11-20,23-34,38-44H,3-10H2,1-2H3,(H,35,36)/p+1. The maximum atomic E-state index is 11.9. The molecule has 52 heavy (non-hydrogen) atoms. The number of carbonyl (C=O) groups is 2. The van der Waals surface area contributed by atoms with E-state index in [0.717, 1.165) is 0 Å². The van der Waals surface area contributed by atoms with Gasteiger partial charge in [-0.15, -0.1) is 0 Å². The van der Waals surface area contributed by atoms with Gasteiger partial charge in [0.05, 0.1) is 36.9 Å². The van der Waals surface area contributed by atoms with Crippen LogP contribution >= 0.6 is 0 Å². The zero-order valence-corrected chi connectivity index (χ0v) is 28.8. The molecule has 0 aromatic heterocycles. The monoisotopic (exact) mass is 757 g/mol. The number of carboxylic acids is 1. The number of methoxy groups -OCH3 is 2. The second-order valence-corrected chi connectivity index (χ2v) is 14.3. The molecular weight excluding hydrogens is 704 g/mol. The number of fused-ring (bicyclic) bond motifs is 1. The highest BCUT2D eigenvalue weighted by Gasteiger charge is 2.57. The molecule has 3 heterocycles. The van der Waals surface area contributed by atoms with Crippen molar-refractivity contribution in [2.24, 2.45) is 11.8 Å². The van der Waals surface area contributed by atoms with Crippen molar-refractivity contribution in [1.82, 2.24) is 0 Å². The molecule has 0 spiro atoms. The van der Waals surface area contributed by atoms with Crippen LogP contribution in [0, 0.1) is 11.8 Å². The summed E-state index contributed by atoms with van der Waals surface area (Å²) >= 11 is 0. The average molecular weight is 758 g/mol. The van der Waals surface area contributed by atoms with E-state index in [1.807, 2.05) is 0 Å². The molecule has 18 atom stereocenters. The Bertz CT molecular complexity index is 1160. The van der Waals surface area contributed by atoms with Gasteiger partial charge in [-0.3, -0.25) is 9.59 Å². The van der Waals surface area contributed by atoms with Gasteiger partial charge in [-0.25, -0.2) is 0 Å². The van der Waals surface area contributed by atoms with Gasteiger partial charge in [-0.1, -0.05) is 0 Å². The number of ether oxygens (including phenoxy) is 8. The summed E-state index contributed by atoms with van der Waals surface area (Å²) in [4.78, 5) is 22.8. The van der Waals surface area contributed by atoms with Crippen LogP contribution in [0.4, 0.5) is 0 Å². The normalized spacial score (nSPS) is 48.4. The van der Waals surface area contributed by atoms with Gasteiger partial charge in [-0.05, 0) is 19.3 Å². The number of aliphatic hydroxyl groups excluding tert-OH is 9. The van der Waals surface area contributed by atoms with Crippen LogP contribution in [0.5, 0.6) is 0 Å². The van der Waals surface area contributed by atoms with E-state index in [1.165, 1.54) is 14.2 Å². The topological polar surface area (TPSA) is 314 Å². The molecule has 300 valence electrons. The number of aliphatic carboxylic acids is 1. The van der Waals surface area contributed by atoms with Crippen molar-refractivity contribution >= 4 is 11.9 Å². The van der Waals surface area contributed by atoms with Gasteiger partial charge in [0.25, 0.3) is 0 Å². The lowest BCUT2D eigenvalue weighted by Crippen LogP contribution is -2.64. The maximum Gasteiger partial charge on any atom is 0.317 e. The summed E-state index contributed by atoms with van der Waals surface area (Å²) in [7, 11) is 2.90. The van der Waals surface area contributed by atoms with Crippen LogP contribution in [0.3, 0.4) is 0 Å². The van der Waals surface area contributed by atoms with Crippen molar-refractivity contribution in [3.05, 3.63) is 0 Å². The molecule has 0 aromatic carbocycles. The molecule has 0 aromatic rings. The lowest BCUT2D eigenvalue weighted by Gasteiger charge is -2.50. The molecule has 5 fully saturated rings. The van der Waals surface area contributed by atoms with Crippen LogP contribution in [0.25, 0.3) is 0 Å². The zero-order valence-electron chi connectivity index (χ0n) is 28.8. The molecule has 3 aliphatic heterocycles. The summed E-state index contributed by atoms with van der Waals surface area (Å²) in [5.41, 5.74) is 0. The maximum absolute atomic E-state index is 11.9. The Morgan fingerprint density at radius 1 is 0.673 bits per heavy atom. The Balaban J connectivity index is 1.40. The largest absolute Gasteiger partial charge is 0.481 e. The summed E-state index contributed by atoms with van der Waals surface area (Å²) in [5, 5.41) is 104. The third kappa shape index (κ3) is 9.05. The highest BCUT2D eigenvalue weighted by atomic mass is 16.7. The molecule has 18 unspecified atom stereocenters. The molecule has 11 N–H and O–H groups in total. The zero-order chi connectivity index (χ0) is 38.0. The number of carbonyl (C=O) groups excluding carboxylic acids is 1. The van der Waals surface area contributed by atoms with Crippen molar-refractivity contribution in [1.29, 1.82) is 0 Å². The fourth-order valence-electron chi connectivity index (χ4n) is 8.17. The van der Waals surface area contributed by atoms with Crippen molar-refractivity contribution in [2.75, 3.05) is 27.4 Å². The lowest BCUT2D eigenvalue weighted by molar-refractivity contribution is -0.368. The molecule has 5 rings (SSSR count). The Morgan fingerprint density at radius 3 is 1.79 bits per heavy atom. The van der Waals surface area contributed by atoms with Crippen molar-refractivity contribution in [3.63, 3.8) is 0 Å². The number of hydrogen-bond donors (Lipinski definition) is 10. The second kappa shape index (κ2) is 17.8. The van der Waals surface area contributed by atoms with Gasteiger partial charge >= 0.3 is 11.9 Å². The van der Waals surface area contributed by atoms with Crippen LogP contribution in [-0.2, 0) is 42.7 Å². The summed E-state index contributed by atoms with van der Waals surface area (Å²) in [5.74, 6) is -3.45. The van der Waals surface area contributed by atoms with Crippen LogP contribution in [-0.4, -0.2) is 205 Å². The smallest absolute Gasteiger partial charge is 0.317 e. The summed E-state index contributed by atoms with van der Waals surface area (Å²) in [6.07, 6.45) is -22.3. The van der Waals surface area contributed by atoms with E-state index >= 15 is 0 Å². The minimum Gasteiger partial charge on any atom is -0.481 e. The van der Waals surface area contributed by atoms with E-state index < -0.39 is 148 Å². The van der Waals surface area contributed by atoms with Gasteiger partial charge < -0.3 is 89.0 Å². The van der Waals surface area contributed by atoms with Crippen LogP contribution in [0.2, 0.25) is 0 Å². The van der Waals surface area contributed by atoms with Crippen molar-refractivity contribution < 1.29 is 98.5 Å². The summed E-state index contributed by atoms with van der Waals surface area (Å²) < 4.78 is 45.1.